The van der Waals surface area contributed by atoms with Crippen LogP contribution >= 0.6 is 10.5 Å². The second kappa shape index (κ2) is 4.32. The Morgan fingerprint density at radius 3 is 2.81 bits per heavy atom. The fraction of sp³-hybridized carbons (Fsp3) is 0.0909. The highest BCUT2D eigenvalue weighted by molar-refractivity contribution is 7.50. The predicted octanol–water partition coefficient (Wildman–Crippen LogP) is 1.01. The van der Waals surface area contributed by atoms with Crippen LogP contribution in [0.15, 0.2) is 39.6 Å². The van der Waals surface area contributed by atoms with Gasteiger partial charge in [0.1, 0.15) is 5.38 Å². The fourth-order valence-corrected chi connectivity index (χ4v) is 2.76. The zero-order valence-corrected chi connectivity index (χ0v) is 9.03. The Kier molecular flexibility index (Phi) is 2.87. The first kappa shape index (κ1) is 10.6. The molecule has 2 rings (SSSR count). The summed E-state index contributed by atoms with van der Waals surface area (Å²) in [7, 11) is -0.714. The molecule has 0 aromatic carbocycles. The Morgan fingerprint density at radius 2 is 2.19 bits per heavy atom. The molecule has 0 aliphatic heterocycles. The summed E-state index contributed by atoms with van der Waals surface area (Å²) >= 11 is 0. The molecule has 0 radical (unpaired) electrons. The van der Waals surface area contributed by atoms with Crippen LogP contribution in [0.3, 0.4) is 0 Å². The number of carbonyl (C=O) groups is 2. The van der Waals surface area contributed by atoms with Gasteiger partial charge >= 0.3 is 5.12 Å². The SMILES string of the molecule is O=C([O-])Cc1cc[s+](C(=O)c2ccco2)c1. The summed E-state index contributed by atoms with van der Waals surface area (Å²) in [5.74, 6) is -0.856. The molecule has 0 N–H and O–H groups in total. The molecule has 0 aliphatic rings. The van der Waals surface area contributed by atoms with Crippen molar-refractivity contribution < 1.29 is 19.1 Å². The van der Waals surface area contributed by atoms with E-state index in [4.69, 9.17) is 4.42 Å². The minimum absolute atomic E-state index is 0.144. The number of carboxylic acid groups (broad SMARTS) is 1. The van der Waals surface area contributed by atoms with E-state index >= 15 is 0 Å². The molecule has 4 nitrogen and oxygen atoms in total. The third-order valence-corrected chi connectivity index (χ3v) is 3.61. The number of carboxylic acids is 1. The molecule has 2 heterocycles. The summed E-state index contributed by atoms with van der Waals surface area (Å²) in [5, 5.41) is 13.6. The van der Waals surface area contributed by atoms with Crippen molar-refractivity contribution in [2.75, 3.05) is 0 Å². The molecule has 1 atom stereocenters. The van der Waals surface area contributed by atoms with Crippen molar-refractivity contribution in [3.63, 3.8) is 0 Å². The standard InChI is InChI=1S/C11H8O4S/c12-10(13)6-8-3-5-16(7-8)11(14)9-2-1-4-15-9/h1-5,7H,6H2. The van der Waals surface area contributed by atoms with Crippen molar-refractivity contribution >= 4 is 21.6 Å². The summed E-state index contributed by atoms with van der Waals surface area (Å²) < 4.78 is 4.99. The van der Waals surface area contributed by atoms with E-state index in [1.807, 2.05) is 0 Å². The normalized spacial score (nSPS) is 11.4. The lowest BCUT2D eigenvalue weighted by Gasteiger charge is -1.94. The van der Waals surface area contributed by atoms with Crippen LogP contribution in [0.25, 0.3) is 0 Å². The first-order chi connectivity index (χ1) is 7.66. The number of rotatable bonds is 4. The van der Waals surface area contributed by atoms with Crippen molar-refractivity contribution in [2.45, 2.75) is 6.42 Å². The monoisotopic (exact) mass is 236 g/mol. The van der Waals surface area contributed by atoms with Crippen LogP contribution in [0.2, 0.25) is 0 Å². The molecule has 1 unspecified atom stereocenters. The summed E-state index contributed by atoms with van der Waals surface area (Å²) in [6.45, 7) is 0. The van der Waals surface area contributed by atoms with Crippen molar-refractivity contribution in [2.24, 2.45) is 0 Å². The first-order valence-corrected chi connectivity index (χ1v) is 5.90. The minimum Gasteiger partial charge on any atom is -0.550 e. The van der Waals surface area contributed by atoms with E-state index in [-0.39, 0.29) is 11.5 Å². The molecule has 82 valence electrons. The summed E-state index contributed by atoms with van der Waals surface area (Å²) in [6, 6.07) is 4.87. The minimum atomic E-state index is -1.15. The van der Waals surface area contributed by atoms with E-state index in [0.717, 1.165) is 0 Å². The summed E-state index contributed by atoms with van der Waals surface area (Å²) in [4.78, 5) is 22.2. The lowest BCUT2D eigenvalue weighted by Crippen LogP contribution is -2.24. The first-order valence-electron chi connectivity index (χ1n) is 4.55. The van der Waals surface area contributed by atoms with E-state index in [0.29, 0.717) is 11.3 Å². The van der Waals surface area contributed by atoms with E-state index in [1.165, 1.54) is 6.26 Å². The lowest BCUT2D eigenvalue weighted by molar-refractivity contribution is -0.304. The van der Waals surface area contributed by atoms with E-state index in [9.17, 15) is 14.7 Å². The predicted molar refractivity (Wildman–Crippen MR) is 56.1 cm³/mol. The number of aliphatic carboxylic acids is 1. The van der Waals surface area contributed by atoms with Crippen LogP contribution in [-0.4, -0.2) is 11.1 Å². The van der Waals surface area contributed by atoms with Crippen LogP contribution in [0.5, 0.6) is 0 Å². The smallest absolute Gasteiger partial charge is 0.421 e. The van der Waals surface area contributed by atoms with Crippen molar-refractivity contribution in [3.05, 3.63) is 46.5 Å². The fourth-order valence-electron chi connectivity index (χ4n) is 1.30. The van der Waals surface area contributed by atoms with Crippen LogP contribution in [0.4, 0.5) is 0 Å². The molecular formula is C11H8O4S. The van der Waals surface area contributed by atoms with Gasteiger partial charge in [0.25, 0.3) is 0 Å². The molecule has 0 bridgehead atoms. The molecule has 2 aromatic heterocycles. The lowest BCUT2D eigenvalue weighted by atomic mass is 10.2. The van der Waals surface area contributed by atoms with Gasteiger partial charge < -0.3 is 14.3 Å². The number of hydrogen-bond donors (Lipinski definition) is 0. The van der Waals surface area contributed by atoms with Crippen LogP contribution in [0, 0.1) is 0 Å². The van der Waals surface area contributed by atoms with E-state index in [2.05, 4.69) is 0 Å². The molecular weight excluding hydrogens is 228 g/mol. The molecule has 0 saturated carbocycles. The maximum atomic E-state index is 11.8. The molecule has 0 amide bonds. The van der Waals surface area contributed by atoms with Crippen molar-refractivity contribution in [3.8, 4) is 0 Å². The summed E-state index contributed by atoms with van der Waals surface area (Å²) in [6.07, 6.45) is 1.27. The second-order valence-corrected chi connectivity index (χ2v) is 4.80. The van der Waals surface area contributed by atoms with Crippen LogP contribution in [-0.2, 0) is 11.2 Å². The number of thiophene rings is 1. The average molecular weight is 236 g/mol. The molecule has 0 aliphatic carbocycles. The van der Waals surface area contributed by atoms with Crippen molar-refractivity contribution in [1.29, 1.82) is 0 Å². The Bertz CT molecular complexity index is 510. The third-order valence-electron chi connectivity index (χ3n) is 1.99. The van der Waals surface area contributed by atoms with E-state index in [1.54, 1.807) is 29.0 Å². The van der Waals surface area contributed by atoms with Gasteiger partial charge in [-0.3, -0.25) is 0 Å². The van der Waals surface area contributed by atoms with Gasteiger partial charge in [0, 0.05) is 18.0 Å². The Morgan fingerprint density at radius 1 is 1.38 bits per heavy atom. The van der Waals surface area contributed by atoms with Crippen LogP contribution in [0.1, 0.15) is 16.1 Å². The molecule has 0 saturated heterocycles. The van der Waals surface area contributed by atoms with Gasteiger partial charge in [-0.25, -0.2) is 4.79 Å². The second-order valence-electron chi connectivity index (χ2n) is 3.18. The van der Waals surface area contributed by atoms with Gasteiger partial charge in [-0.15, -0.1) is 0 Å². The van der Waals surface area contributed by atoms with Gasteiger partial charge in [0.2, 0.25) is 5.76 Å². The zero-order chi connectivity index (χ0) is 11.5. The number of hydrogen-bond acceptors (Lipinski definition) is 4. The summed E-state index contributed by atoms with van der Waals surface area (Å²) in [5.41, 5.74) is 0.600. The number of furan rings is 1. The maximum Gasteiger partial charge on any atom is 0.421 e. The Labute approximate surface area is 94.1 Å². The van der Waals surface area contributed by atoms with Gasteiger partial charge in [0.15, 0.2) is 5.38 Å². The Balaban J connectivity index is 2.19. The quantitative estimate of drug-likeness (QED) is 0.743. The highest BCUT2D eigenvalue weighted by Crippen LogP contribution is 2.25. The van der Waals surface area contributed by atoms with Crippen molar-refractivity contribution in [1.82, 2.24) is 0 Å². The topological polar surface area (TPSA) is 70.3 Å². The molecule has 2 aromatic rings. The largest absolute Gasteiger partial charge is 0.550 e. The highest BCUT2D eigenvalue weighted by Gasteiger charge is 2.22. The molecule has 0 fully saturated rings. The van der Waals surface area contributed by atoms with Crippen LogP contribution < -0.4 is 5.11 Å². The molecule has 16 heavy (non-hydrogen) atoms. The number of carbonyl (C=O) groups excluding carboxylic acids is 2. The van der Waals surface area contributed by atoms with Gasteiger partial charge in [-0.1, -0.05) is 0 Å². The highest BCUT2D eigenvalue weighted by atomic mass is 32.2. The molecule has 0 spiro atoms. The maximum absolute atomic E-state index is 11.8. The van der Waals surface area contributed by atoms with Gasteiger partial charge in [0.05, 0.1) is 16.7 Å². The van der Waals surface area contributed by atoms with Gasteiger partial charge in [-0.2, -0.15) is 0 Å². The van der Waals surface area contributed by atoms with E-state index < -0.39 is 16.4 Å². The molecule has 5 heteroatoms. The zero-order valence-electron chi connectivity index (χ0n) is 8.21. The Hall–Kier alpha value is -1.88. The average Bonchev–Trinajstić information content (AvgIpc) is 2.84. The third kappa shape index (κ3) is 2.20. The van der Waals surface area contributed by atoms with Gasteiger partial charge in [-0.05, 0) is 18.2 Å².